The van der Waals surface area contributed by atoms with Crippen molar-refractivity contribution >= 4 is 11.8 Å². The highest BCUT2D eigenvalue weighted by molar-refractivity contribution is 5.98. The van der Waals surface area contributed by atoms with E-state index in [0.29, 0.717) is 5.69 Å². The molecule has 2 amide bonds. The van der Waals surface area contributed by atoms with Gasteiger partial charge < -0.3 is 9.30 Å². The van der Waals surface area contributed by atoms with Crippen molar-refractivity contribution in [2.75, 3.05) is 7.11 Å². The number of nitrogens with one attached hydrogen (secondary N) is 2. The van der Waals surface area contributed by atoms with Gasteiger partial charge in [0.2, 0.25) is 0 Å². The highest BCUT2D eigenvalue weighted by Crippen LogP contribution is 2.17. The number of aromatic nitrogens is 1. The lowest BCUT2D eigenvalue weighted by atomic mass is 10.2. The molecule has 110 valence electrons. The van der Waals surface area contributed by atoms with Gasteiger partial charge >= 0.3 is 0 Å². The van der Waals surface area contributed by atoms with Crippen LogP contribution < -0.4 is 15.6 Å². The average Bonchev–Trinajstić information content (AvgIpc) is 2.90. The summed E-state index contributed by atoms with van der Waals surface area (Å²) in [5.74, 6) is -1.71. The first kappa shape index (κ1) is 14.6. The summed E-state index contributed by atoms with van der Waals surface area (Å²) in [5.41, 5.74) is 4.93. The molecule has 0 aliphatic carbocycles. The van der Waals surface area contributed by atoms with Crippen molar-refractivity contribution in [1.29, 1.82) is 0 Å². The first-order chi connectivity index (χ1) is 10.0. The second kappa shape index (κ2) is 6.08. The second-order valence-electron chi connectivity index (χ2n) is 4.26. The SMILES string of the molecule is COc1ccc(C(=O)NNC(=O)c2cccn2C)cc1F. The minimum Gasteiger partial charge on any atom is -0.494 e. The van der Waals surface area contributed by atoms with Gasteiger partial charge in [-0.15, -0.1) is 0 Å². The van der Waals surface area contributed by atoms with Crippen LogP contribution in [0, 0.1) is 5.82 Å². The Morgan fingerprint density at radius 2 is 1.90 bits per heavy atom. The van der Waals surface area contributed by atoms with Crippen LogP contribution >= 0.6 is 0 Å². The molecule has 0 atom stereocenters. The fourth-order valence-electron chi connectivity index (χ4n) is 1.75. The number of nitrogens with zero attached hydrogens (tertiary/aromatic N) is 1. The van der Waals surface area contributed by atoms with E-state index in [4.69, 9.17) is 4.74 Å². The zero-order valence-corrected chi connectivity index (χ0v) is 11.5. The summed E-state index contributed by atoms with van der Waals surface area (Å²) in [5, 5.41) is 0. The van der Waals surface area contributed by atoms with Crippen LogP contribution in [-0.4, -0.2) is 23.5 Å². The van der Waals surface area contributed by atoms with Crippen molar-refractivity contribution in [1.82, 2.24) is 15.4 Å². The zero-order chi connectivity index (χ0) is 15.4. The molecule has 0 fully saturated rings. The van der Waals surface area contributed by atoms with Gasteiger partial charge in [0.15, 0.2) is 11.6 Å². The van der Waals surface area contributed by atoms with Crippen molar-refractivity contribution in [3.63, 3.8) is 0 Å². The molecular weight excluding hydrogens is 277 g/mol. The number of rotatable bonds is 3. The van der Waals surface area contributed by atoms with Gasteiger partial charge in [0.05, 0.1) is 7.11 Å². The highest BCUT2D eigenvalue weighted by atomic mass is 19.1. The van der Waals surface area contributed by atoms with E-state index in [-0.39, 0.29) is 11.3 Å². The number of hydrazine groups is 1. The molecule has 2 aromatic rings. The predicted molar refractivity (Wildman–Crippen MR) is 73.3 cm³/mol. The van der Waals surface area contributed by atoms with Gasteiger partial charge in [-0.05, 0) is 30.3 Å². The average molecular weight is 291 g/mol. The lowest BCUT2D eigenvalue weighted by Crippen LogP contribution is -2.42. The molecule has 6 nitrogen and oxygen atoms in total. The van der Waals surface area contributed by atoms with Gasteiger partial charge in [-0.2, -0.15) is 0 Å². The maximum Gasteiger partial charge on any atom is 0.286 e. The van der Waals surface area contributed by atoms with Gasteiger partial charge in [-0.1, -0.05) is 0 Å². The maximum absolute atomic E-state index is 13.5. The molecular formula is C14H14FN3O3. The third-order valence-corrected chi connectivity index (χ3v) is 2.88. The number of hydrogen-bond acceptors (Lipinski definition) is 3. The fourth-order valence-corrected chi connectivity index (χ4v) is 1.75. The van der Waals surface area contributed by atoms with Gasteiger partial charge in [0, 0.05) is 18.8 Å². The van der Waals surface area contributed by atoms with Crippen LogP contribution in [0.4, 0.5) is 4.39 Å². The Kier molecular flexibility index (Phi) is 4.22. The lowest BCUT2D eigenvalue weighted by molar-refractivity contribution is 0.0842. The molecule has 0 saturated heterocycles. The number of methoxy groups -OCH3 is 1. The van der Waals surface area contributed by atoms with E-state index in [1.807, 2.05) is 0 Å². The molecule has 1 aromatic carbocycles. The van der Waals surface area contributed by atoms with Crippen LogP contribution in [0.25, 0.3) is 0 Å². The van der Waals surface area contributed by atoms with Crippen molar-refractivity contribution in [3.8, 4) is 5.75 Å². The third kappa shape index (κ3) is 3.19. The van der Waals surface area contributed by atoms with E-state index >= 15 is 0 Å². The minimum atomic E-state index is -0.654. The number of benzene rings is 1. The number of carbonyl (C=O) groups excluding carboxylic acids is 2. The molecule has 0 radical (unpaired) electrons. The van der Waals surface area contributed by atoms with Crippen molar-refractivity contribution in [2.24, 2.45) is 7.05 Å². The molecule has 0 bridgehead atoms. The Hall–Kier alpha value is -2.83. The number of aryl methyl sites for hydroxylation is 1. The van der Waals surface area contributed by atoms with Gasteiger partial charge in [0.1, 0.15) is 5.69 Å². The first-order valence-electron chi connectivity index (χ1n) is 6.08. The highest BCUT2D eigenvalue weighted by Gasteiger charge is 2.13. The number of ether oxygens (including phenoxy) is 1. The van der Waals surface area contributed by atoms with Crippen LogP contribution in [0.2, 0.25) is 0 Å². The van der Waals surface area contributed by atoms with E-state index < -0.39 is 17.6 Å². The molecule has 0 aliphatic rings. The number of amides is 2. The van der Waals surface area contributed by atoms with E-state index in [1.165, 1.54) is 19.2 Å². The number of hydrogen-bond donors (Lipinski definition) is 2. The molecule has 7 heteroatoms. The predicted octanol–water partition coefficient (Wildman–Crippen LogP) is 1.25. The van der Waals surface area contributed by atoms with Crippen molar-refractivity contribution < 1.29 is 18.7 Å². The number of carbonyl (C=O) groups is 2. The maximum atomic E-state index is 13.5. The Morgan fingerprint density at radius 1 is 1.19 bits per heavy atom. The molecule has 2 N–H and O–H groups in total. The van der Waals surface area contributed by atoms with E-state index in [9.17, 15) is 14.0 Å². The topological polar surface area (TPSA) is 72.4 Å². The summed E-state index contributed by atoms with van der Waals surface area (Å²) in [7, 11) is 3.04. The normalized spacial score (nSPS) is 10.0. The summed E-state index contributed by atoms with van der Waals surface area (Å²) < 4.78 is 19.9. The Morgan fingerprint density at radius 3 is 2.48 bits per heavy atom. The molecule has 0 aliphatic heterocycles. The standard InChI is InChI=1S/C14H14FN3O3/c1-18-7-3-4-11(18)14(20)17-16-13(19)9-5-6-12(21-2)10(15)8-9/h3-8H,1-2H3,(H,16,19)(H,17,20). The summed E-state index contributed by atoms with van der Waals surface area (Å²) in [6, 6.07) is 7.07. The first-order valence-corrected chi connectivity index (χ1v) is 6.08. The van der Waals surface area contributed by atoms with Crippen LogP contribution in [-0.2, 0) is 7.05 Å². The molecule has 1 aromatic heterocycles. The lowest BCUT2D eigenvalue weighted by Gasteiger charge is -2.09. The van der Waals surface area contributed by atoms with Crippen molar-refractivity contribution in [3.05, 3.63) is 53.6 Å². The van der Waals surface area contributed by atoms with Crippen LogP contribution in [0.1, 0.15) is 20.8 Å². The molecule has 1 heterocycles. The van der Waals surface area contributed by atoms with E-state index in [0.717, 1.165) is 6.07 Å². The van der Waals surface area contributed by atoms with E-state index in [2.05, 4.69) is 10.9 Å². The molecule has 2 rings (SSSR count). The Balaban J connectivity index is 2.00. The minimum absolute atomic E-state index is 0.0411. The quantitative estimate of drug-likeness (QED) is 0.836. The van der Waals surface area contributed by atoms with Crippen molar-refractivity contribution in [2.45, 2.75) is 0 Å². The summed E-state index contributed by atoms with van der Waals surface area (Å²) in [4.78, 5) is 23.6. The molecule has 21 heavy (non-hydrogen) atoms. The van der Waals surface area contributed by atoms with E-state index in [1.54, 1.807) is 29.9 Å². The molecule has 0 saturated carbocycles. The van der Waals surface area contributed by atoms with Crippen LogP contribution in [0.3, 0.4) is 0 Å². The smallest absolute Gasteiger partial charge is 0.286 e. The van der Waals surface area contributed by atoms with Gasteiger partial charge in [-0.3, -0.25) is 20.4 Å². The third-order valence-electron chi connectivity index (χ3n) is 2.88. The van der Waals surface area contributed by atoms with Gasteiger partial charge in [-0.25, -0.2) is 4.39 Å². The fraction of sp³-hybridized carbons (Fsp3) is 0.143. The van der Waals surface area contributed by atoms with Crippen LogP contribution in [0.15, 0.2) is 36.5 Å². The summed E-state index contributed by atoms with van der Waals surface area (Å²) >= 11 is 0. The largest absolute Gasteiger partial charge is 0.494 e. The summed E-state index contributed by atoms with van der Waals surface area (Å²) in [6.07, 6.45) is 1.70. The summed E-state index contributed by atoms with van der Waals surface area (Å²) in [6.45, 7) is 0. The van der Waals surface area contributed by atoms with Crippen LogP contribution in [0.5, 0.6) is 5.75 Å². The molecule has 0 spiro atoms. The monoisotopic (exact) mass is 291 g/mol. The Labute approximate surface area is 120 Å². The molecule has 0 unspecified atom stereocenters. The van der Waals surface area contributed by atoms with Gasteiger partial charge in [0.25, 0.3) is 11.8 Å². The zero-order valence-electron chi connectivity index (χ0n) is 11.5. The number of halogens is 1. The Bertz CT molecular complexity index is 682. The second-order valence-corrected chi connectivity index (χ2v) is 4.26.